The average molecular weight is 211 g/mol. The highest BCUT2D eigenvalue weighted by atomic mass is 35.5. The Morgan fingerprint density at radius 1 is 1.46 bits per heavy atom. The van der Waals surface area contributed by atoms with Gasteiger partial charge < -0.3 is 5.73 Å². The number of rotatable bonds is 1. The third kappa shape index (κ3) is 1.41. The van der Waals surface area contributed by atoms with Crippen LogP contribution >= 0.6 is 22.9 Å². The topological polar surface area (TPSA) is 49.9 Å². The molecule has 2 rings (SSSR count). The lowest BCUT2D eigenvalue weighted by Gasteiger charge is -1.89. The zero-order valence-electron chi connectivity index (χ0n) is 6.67. The van der Waals surface area contributed by atoms with Gasteiger partial charge in [0.05, 0.1) is 14.6 Å². The molecule has 0 amide bonds. The number of nitrogen functional groups attached to an aromatic ring is 1. The summed E-state index contributed by atoms with van der Waals surface area (Å²) >= 11 is 7.42. The molecule has 0 saturated heterocycles. The van der Waals surface area contributed by atoms with Gasteiger partial charge in [-0.2, -0.15) is 0 Å². The molecule has 3 N–H and O–H groups in total. The zero-order valence-corrected chi connectivity index (χ0v) is 8.25. The van der Waals surface area contributed by atoms with E-state index in [2.05, 4.69) is 0 Å². The number of amidine groups is 1. The van der Waals surface area contributed by atoms with Crippen molar-refractivity contribution in [1.82, 2.24) is 0 Å². The fourth-order valence-corrected chi connectivity index (χ4v) is 2.38. The number of fused-ring (bicyclic) bond motifs is 1. The van der Waals surface area contributed by atoms with E-state index >= 15 is 0 Å². The van der Waals surface area contributed by atoms with Crippen molar-refractivity contribution in [3.8, 4) is 0 Å². The van der Waals surface area contributed by atoms with Gasteiger partial charge in [-0.3, -0.25) is 5.41 Å². The van der Waals surface area contributed by atoms with Gasteiger partial charge in [0.2, 0.25) is 0 Å². The molecule has 13 heavy (non-hydrogen) atoms. The maximum atomic E-state index is 7.28. The van der Waals surface area contributed by atoms with E-state index in [1.54, 1.807) is 0 Å². The molecule has 0 aliphatic heterocycles. The quantitative estimate of drug-likeness (QED) is 0.552. The van der Waals surface area contributed by atoms with E-state index in [0.717, 1.165) is 20.0 Å². The van der Waals surface area contributed by atoms with E-state index in [1.165, 1.54) is 11.3 Å². The number of thiophene rings is 1. The Morgan fingerprint density at radius 3 is 2.85 bits per heavy atom. The normalized spacial score (nSPS) is 10.5. The molecule has 1 aromatic carbocycles. The second-order valence-corrected chi connectivity index (χ2v) is 4.14. The molecule has 0 radical (unpaired) electrons. The van der Waals surface area contributed by atoms with Gasteiger partial charge in [0, 0.05) is 0 Å². The van der Waals surface area contributed by atoms with Crippen molar-refractivity contribution >= 4 is 38.9 Å². The van der Waals surface area contributed by atoms with E-state index in [9.17, 15) is 0 Å². The van der Waals surface area contributed by atoms with E-state index < -0.39 is 0 Å². The molecule has 0 aliphatic carbocycles. The molecule has 2 aromatic rings. The Morgan fingerprint density at radius 2 is 2.23 bits per heavy atom. The Hall–Kier alpha value is -1.06. The smallest absolute Gasteiger partial charge is 0.133 e. The van der Waals surface area contributed by atoms with Crippen LogP contribution in [-0.2, 0) is 0 Å². The number of nitrogens with one attached hydrogen (secondary N) is 1. The van der Waals surface area contributed by atoms with Crippen LogP contribution in [0.5, 0.6) is 0 Å². The van der Waals surface area contributed by atoms with Gasteiger partial charge >= 0.3 is 0 Å². The first-order valence-corrected chi connectivity index (χ1v) is 4.90. The molecule has 0 unspecified atom stereocenters. The molecular formula is C9H7ClN2S. The van der Waals surface area contributed by atoms with Gasteiger partial charge in [0.15, 0.2) is 0 Å². The van der Waals surface area contributed by atoms with Gasteiger partial charge in [0.25, 0.3) is 0 Å². The number of hydrogen-bond acceptors (Lipinski definition) is 2. The lowest BCUT2D eigenvalue weighted by Crippen LogP contribution is -2.08. The molecule has 2 nitrogen and oxygen atoms in total. The maximum Gasteiger partial charge on any atom is 0.133 e. The summed E-state index contributed by atoms with van der Waals surface area (Å²) in [5.41, 5.74) is 5.38. The van der Waals surface area contributed by atoms with Gasteiger partial charge in [-0.1, -0.05) is 23.7 Å². The summed E-state index contributed by atoms with van der Waals surface area (Å²) in [7, 11) is 0. The average Bonchev–Trinajstić information content (AvgIpc) is 2.49. The highest BCUT2D eigenvalue weighted by Crippen LogP contribution is 2.31. The summed E-state index contributed by atoms with van der Waals surface area (Å²) in [6, 6.07) is 7.57. The van der Waals surface area contributed by atoms with E-state index in [0.29, 0.717) is 0 Å². The number of halogens is 1. The van der Waals surface area contributed by atoms with Crippen molar-refractivity contribution in [3.63, 3.8) is 0 Å². The van der Waals surface area contributed by atoms with Crippen LogP contribution in [0, 0.1) is 5.41 Å². The van der Waals surface area contributed by atoms with Gasteiger partial charge in [-0.05, 0) is 17.5 Å². The molecule has 4 heteroatoms. The second-order valence-electron chi connectivity index (χ2n) is 2.68. The van der Waals surface area contributed by atoms with Crippen molar-refractivity contribution in [2.24, 2.45) is 5.73 Å². The van der Waals surface area contributed by atoms with Crippen molar-refractivity contribution in [2.75, 3.05) is 0 Å². The SMILES string of the molecule is N=C(N)c1cc2cccc(Cl)c2s1. The molecule has 1 heterocycles. The molecule has 0 atom stereocenters. The minimum Gasteiger partial charge on any atom is -0.383 e. The first-order valence-electron chi connectivity index (χ1n) is 3.71. The summed E-state index contributed by atoms with van der Waals surface area (Å²) in [4.78, 5) is 0.767. The zero-order chi connectivity index (χ0) is 9.42. The first kappa shape index (κ1) is 8.53. The minimum absolute atomic E-state index is 0.0947. The third-order valence-electron chi connectivity index (χ3n) is 1.76. The van der Waals surface area contributed by atoms with Crippen LogP contribution < -0.4 is 5.73 Å². The van der Waals surface area contributed by atoms with Crippen LogP contribution in [0.4, 0.5) is 0 Å². The molecule has 0 spiro atoms. The maximum absolute atomic E-state index is 7.28. The Balaban J connectivity index is 2.75. The Labute approximate surface area is 84.4 Å². The third-order valence-corrected chi connectivity index (χ3v) is 3.41. The monoisotopic (exact) mass is 210 g/mol. The second kappa shape index (κ2) is 3.01. The number of hydrogen-bond donors (Lipinski definition) is 2. The van der Waals surface area contributed by atoms with Crippen molar-refractivity contribution in [2.45, 2.75) is 0 Å². The van der Waals surface area contributed by atoms with Crippen LogP contribution in [0.1, 0.15) is 4.88 Å². The Bertz CT molecular complexity index is 475. The fourth-order valence-electron chi connectivity index (χ4n) is 1.16. The van der Waals surface area contributed by atoms with Crippen LogP contribution in [0.25, 0.3) is 10.1 Å². The largest absolute Gasteiger partial charge is 0.383 e. The molecular weight excluding hydrogens is 204 g/mol. The lowest BCUT2D eigenvalue weighted by atomic mass is 10.2. The molecule has 66 valence electrons. The Kier molecular flexibility index (Phi) is 1.98. The summed E-state index contributed by atoms with van der Waals surface area (Å²) in [5.74, 6) is 0.0947. The lowest BCUT2D eigenvalue weighted by molar-refractivity contribution is 1.46. The molecule has 0 bridgehead atoms. The first-order chi connectivity index (χ1) is 6.18. The molecule has 0 saturated carbocycles. The molecule has 0 fully saturated rings. The molecule has 1 aromatic heterocycles. The fraction of sp³-hybridized carbons (Fsp3) is 0. The van der Waals surface area contributed by atoms with E-state index in [4.69, 9.17) is 22.7 Å². The summed E-state index contributed by atoms with van der Waals surface area (Å²) in [5, 5.41) is 9.05. The van der Waals surface area contributed by atoms with Crippen molar-refractivity contribution in [3.05, 3.63) is 34.2 Å². The van der Waals surface area contributed by atoms with Gasteiger partial charge in [-0.15, -0.1) is 11.3 Å². The predicted octanol–water partition coefficient (Wildman–Crippen LogP) is 2.84. The molecule has 0 aliphatic rings. The summed E-state index contributed by atoms with van der Waals surface area (Å²) in [6.07, 6.45) is 0. The van der Waals surface area contributed by atoms with E-state index in [1.807, 2.05) is 24.3 Å². The van der Waals surface area contributed by atoms with Crippen LogP contribution in [-0.4, -0.2) is 5.84 Å². The predicted molar refractivity (Wildman–Crippen MR) is 57.9 cm³/mol. The van der Waals surface area contributed by atoms with Crippen LogP contribution in [0.2, 0.25) is 5.02 Å². The highest BCUT2D eigenvalue weighted by molar-refractivity contribution is 7.21. The van der Waals surface area contributed by atoms with Crippen LogP contribution in [0.3, 0.4) is 0 Å². The summed E-state index contributed by atoms with van der Waals surface area (Å²) < 4.78 is 0.995. The van der Waals surface area contributed by atoms with Crippen LogP contribution in [0.15, 0.2) is 24.3 Å². The highest BCUT2D eigenvalue weighted by Gasteiger charge is 2.05. The van der Waals surface area contributed by atoms with E-state index in [-0.39, 0.29) is 5.84 Å². The number of nitrogens with two attached hydrogens (primary N) is 1. The van der Waals surface area contributed by atoms with Crippen molar-refractivity contribution in [1.29, 1.82) is 5.41 Å². The standard InChI is InChI=1S/C9H7ClN2S/c10-6-3-1-2-5-4-7(9(11)12)13-8(5)6/h1-4H,(H3,11,12). The minimum atomic E-state index is 0.0947. The summed E-state index contributed by atoms with van der Waals surface area (Å²) in [6.45, 7) is 0. The van der Waals surface area contributed by atoms with Gasteiger partial charge in [0.1, 0.15) is 5.84 Å². The number of benzene rings is 1. The van der Waals surface area contributed by atoms with Gasteiger partial charge in [-0.25, -0.2) is 0 Å². The van der Waals surface area contributed by atoms with Crippen molar-refractivity contribution < 1.29 is 0 Å².